The van der Waals surface area contributed by atoms with Gasteiger partial charge in [0.25, 0.3) is 0 Å². The van der Waals surface area contributed by atoms with E-state index in [9.17, 15) is 12.8 Å². The summed E-state index contributed by atoms with van der Waals surface area (Å²) in [5.74, 6) is -0.609. The van der Waals surface area contributed by atoms with Crippen LogP contribution in [0, 0.1) is 5.82 Å². The molecule has 0 unspecified atom stereocenters. The van der Waals surface area contributed by atoms with E-state index in [-0.39, 0.29) is 10.8 Å². The molecule has 5 heteroatoms. The van der Waals surface area contributed by atoms with Gasteiger partial charge in [-0.25, -0.2) is 17.9 Å². The zero-order valence-corrected chi connectivity index (χ0v) is 8.81. The molecule has 1 aromatic carbocycles. The lowest BCUT2D eigenvalue weighted by Gasteiger charge is -2.10. The third kappa shape index (κ3) is 2.30. The van der Waals surface area contributed by atoms with E-state index >= 15 is 0 Å². The lowest BCUT2D eigenvalue weighted by Crippen LogP contribution is -2.15. The van der Waals surface area contributed by atoms with Gasteiger partial charge in [-0.3, -0.25) is 0 Å². The van der Waals surface area contributed by atoms with Crippen LogP contribution in [0.2, 0.25) is 0 Å². The topological polar surface area (TPSA) is 60.2 Å². The molecule has 0 saturated carbocycles. The van der Waals surface area contributed by atoms with Crippen LogP contribution in [0.25, 0.3) is 0 Å². The molecule has 3 nitrogen and oxygen atoms in total. The first-order chi connectivity index (χ1) is 6.32. The summed E-state index contributed by atoms with van der Waals surface area (Å²) in [6.45, 7) is 3.64. The summed E-state index contributed by atoms with van der Waals surface area (Å²) in [6, 6.07) is 3.62. The number of hydrogen-bond donors (Lipinski definition) is 1. The largest absolute Gasteiger partial charge is 0.238 e. The summed E-state index contributed by atoms with van der Waals surface area (Å²) < 4.78 is 35.1. The van der Waals surface area contributed by atoms with Crippen molar-refractivity contribution in [3.8, 4) is 0 Å². The monoisotopic (exact) mass is 217 g/mol. The second-order valence-electron chi connectivity index (χ2n) is 3.38. The van der Waals surface area contributed by atoms with Crippen molar-refractivity contribution >= 4 is 10.0 Å². The minimum atomic E-state index is -3.84. The molecule has 0 aliphatic rings. The minimum Gasteiger partial charge on any atom is -0.225 e. The molecular formula is C9H12FNO2S. The van der Waals surface area contributed by atoms with Gasteiger partial charge in [0, 0.05) is 0 Å². The number of rotatable bonds is 2. The highest BCUT2D eigenvalue weighted by Gasteiger charge is 2.16. The molecule has 0 heterocycles. The first-order valence-corrected chi connectivity index (χ1v) is 5.69. The smallest absolute Gasteiger partial charge is 0.225 e. The summed E-state index contributed by atoms with van der Waals surface area (Å²) in [6.07, 6.45) is 0. The van der Waals surface area contributed by atoms with E-state index < -0.39 is 15.8 Å². The highest BCUT2D eigenvalue weighted by atomic mass is 32.2. The highest BCUT2D eigenvalue weighted by molar-refractivity contribution is 7.89. The Morgan fingerprint density at radius 2 is 1.93 bits per heavy atom. The predicted octanol–water partition coefficient (Wildman–Crippen LogP) is 1.60. The van der Waals surface area contributed by atoms with Gasteiger partial charge in [0.05, 0.1) is 4.90 Å². The van der Waals surface area contributed by atoms with Gasteiger partial charge in [0.2, 0.25) is 10.0 Å². The first kappa shape index (κ1) is 11.1. The van der Waals surface area contributed by atoms with Crippen molar-refractivity contribution < 1.29 is 12.8 Å². The molecule has 0 aromatic heterocycles. The van der Waals surface area contributed by atoms with Crippen LogP contribution in [0.4, 0.5) is 4.39 Å². The van der Waals surface area contributed by atoms with Crippen molar-refractivity contribution in [2.24, 2.45) is 5.14 Å². The molecule has 0 saturated heterocycles. The maximum Gasteiger partial charge on any atom is 0.238 e. The molecule has 1 aromatic rings. The summed E-state index contributed by atoms with van der Waals surface area (Å²) in [5.41, 5.74) is 0.536. The molecule has 14 heavy (non-hydrogen) atoms. The van der Waals surface area contributed by atoms with Crippen LogP contribution in [-0.4, -0.2) is 8.42 Å². The zero-order chi connectivity index (χ0) is 10.9. The Morgan fingerprint density at radius 3 is 2.36 bits per heavy atom. The number of halogens is 1. The van der Waals surface area contributed by atoms with E-state index in [0.29, 0.717) is 5.56 Å². The molecule has 0 amide bonds. The molecule has 0 spiro atoms. The van der Waals surface area contributed by atoms with Crippen LogP contribution >= 0.6 is 0 Å². The van der Waals surface area contributed by atoms with Crippen LogP contribution in [0.1, 0.15) is 25.3 Å². The van der Waals surface area contributed by atoms with Gasteiger partial charge in [-0.1, -0.05) is 19.9 Å². The Hall–Kier alpha value is -0.940. The van der Waals surface area contributed by atoms with E-state index in [2.05, 4.69) is 0 Å². The third-order valence-electron chi connectivity index (χ3n) is 1.90. The van der Waals surface area contributed by atoms with Crippen LogP contribution < -0.4 is 5.14 Å². The van der Waals surface area contributed by atoms with Crippen molar-refractivity contribution in [3.63, 3.8) is 0 Å². The Labute approximate surface area is 82.8 Å². The lowest BCUT2D eigenvalue weighted by atomic mass is 10.0. The lowest BCUT2D eigenvalue weighted by molar-refractivity contribution is 0.588. The van der Waals surface area contributed by atoms with E-state index in [1.165, 1.54) is 12.1 Å². The van der Waals surface area contributed by atoms with E-state index in [1.54, 1.807) is 0 Å². The molecule has 0 radical (unpaired) electrons. The Bertz CT molecular complexity index is 440. The normalized spacial score (nSPS) is 12.1. The quantitative estimate of drug-likeness (QED) is 0.817. The zero-order valence-electron chi connectivity index (χ0n) is 7.99. The molecule has 0 aliphatic carbocycles. The summed E-state index contributed by atoms with van der Waals surface area (Å²) in [5, 5.41) is 4.97. The number of hydrogen-bond acceptors (Lipinski definition) is 2. The summed E-state index contributed by atoms with van der Waals surface area (Å²) in [7, 11) is -3.84. The highest BCUT2D eigenvalue weighted by Crippen LogP contribution is 2.23. The second-order valence-corrected chi connectivity index (χ2v) is 4.91. The van der Waals surface area contributed by atoms with Crippen LogP contribution in [-0.2, 0) is 10.0 Å². The molecule has 0 fully saturated rings. The fraction of sp³-hybridized carbons (Fsp3) is 0.333. The maximum absolute atomic E-state index is 12.8. The van der Waals surface area contributed by atoms with E-state index in [1.807, 2.05) is 13.8 Å². The van der Waals surface area contributed by atoms with Gasteiger partial charge in [0.1, 0.15) is 5.82 Å². The number of benzene rings is 1. The summed E-state index contributed by atoms with van der Waals surface area (Å²) in [4.78, 5) is -0.132. The van der Waals surface area contributed by atoms with E-state index in [0.717, 1.165) is 6.07 Å². The average molecular weight is 217 g/mol. The van der Waals surface area contributed by atoms with Gasteiger partial charge in [-0.15, -0.1) is 0 Å². The van der Waals surface area contributed by atoms with Gasteiger partial charge < -0.3 is 0 Å². The van der Waals surface area contributed by atoms with E-state index in [4.69, 9.17) is 5.14 Å². The minimum absolute atomic E-state index is 0.0103. The van der Waals surface area contributed by atoms with Crippen LogP contribution in [0.15, 0.2) is 23.1 Å². The fourth-order valence-corrected chi connectivity index (χ4v) is 2.14. The maximum atomic E-state index is 12.8. The van der Waals surface area contributed by atoms with Gasteiger partial charge >= 0.3 is 0 Å². The average Bonchev–Trinajstić information content (AvgIpc) is 2.01. The third-order valence-corrected chi connectivity index (χ3v) is 2.87. The van der Waals surface area contributed by atoms with Gasteiger partial charge in [-0.2, -0.15) is 0 Å². The number of nitrogens with two attached hydrogens (primary N) is 1. The number of primary sulfonamides is 1. The standard InChI is InChI=1S/C9H12FNO2S/c1-6(2)8-4-3-7(10)5-9(8)14(11,12)13/h3-6H,1-2H3,(H2,11,12,13). The second kappa shape index (κ2) is 3.67. The molecular weight excluding hydrogens is 205 g/mol. The van der Waals surface area contributed by atoms with Crippen LogP contribution in [0.5, 0.6) is 0 Å². The molecule has 0 aliphatic heterocycles. The van der Waals surface area contributed by atoms with Gasteiger partial charge in [-0.05, 0) is 23.6 Å². The van der Waals surface area contributed by atoms with Crippen molar-refractivity contribution in [1.29, 1.82) is 0 Å². The molecule has 2 N–H and O–H groups in total. The Morgan fingerprint density at radius 1 is 1.36 bits per heavy atom. The summed E-state index contributed by atoms with van der Waals surface area (Å²) >= 11 is 0. The van der Waals surface area contributed by atoms with Gasteiger partial charge in [0.15, 0.2) is 0 Å². The molecule has 1 rings (SSSR count). The molecule has 0 bridgehead atoms. The van der Waals surface area contributed by atoms with Crippen molar-refractivity contribution in [1.82, 2.24) is 0 Å². The van der Waals surface area contributed by atoms with Crippen LogP contribution in [0.3, 0.4) is 0 Å². The van der Waals surface area contributed by atoms with Crippen molar-refractivity contribution in [2.45, 2.75) is 24.7 Å². The SMILES string of the molecule is CC(C)c1ccc(F)cc1S(N)(=O)=O. The van der Waals surface area contributed by atoms with Crippen molar-refractivity contribution in [3.05, 3.63) is 29.6 Å². The Balaban J connectivity index is 3.46. The first-order valence-electron chi connectivity index (χ1n) is 4.14. The Kier molecular flexibility index (Phi) is 2.92. The fourth-order valence-electron chi connectivity index (χ4n) is 1.23. The van der Waals surface area contributed by atoms with Crippen molar-refractivity contribution in [2.75, 3.05) is 0 Å². The predicted molar refractivity (Wildman–Crippen MR) is 51.9 cm³/mol. The number of sulfonamides is 1. The molecule has 0 atom stereocenters. The molecule has 78 valence electrons.